The molecule has 0 radical (unpaired) electrons. The van der Waals surface area contributed by atoms with Crippen LogP contribution in [-0.2, 0) is 11.4 Å². The van der Waals surface area contributed by atoms with Gasteiger partial charge in [0.2, 0.25) is 5.91 Å². The highest BCUT2D eigenvalue weighted by Gasteiger charge is 2.35. The molecule has 2 aromatic carbocycles. The minimum Gasteiger partial charge on any atom is -0.493 e. The quantitative estimate of drug-likeness (QED) is 0.533. The van der Waals surface area contributed by atoms with Gasteiger partial charge in [0.1, 0.15) is 12.6 Å². The SMILES string of the molecule is COc1cc(C(=O)N2CSCC2C(=O)Nc2ccc(C)c(C)c2)ccc1OCc1cscn1. The Morgan fingerprint density at radius 3 is 2.73 bits per heavy atom. The first-order valence-electron chi connectivity index (χ1n) is 10.4. The average Bonchev–Trinajstić information content (AvgIpc) is 3.52. The van der Waals surface area contributed by atoms with Gasteiger partial charge in [-0.05, 0) is 55.3 Å². The highest BCUT2D eigenvalue weighted by Crippen LogP contribution is 2.31. The lowest BCUT2D eigenvalue weighted by molar-refractivity contribution is -0.119. The van der Waals surface area contributed by atoms with Crippen molar-refractivity contribution >= 4 is 40.6 Å². The molecule has 1 aromatic heterocycles. The normalized spacial score (nSPS) is 15.4. The highest BCUT2D eigenvalue weighted by atomic mass is 32.2. The number of ether oxygens (including phenoxy) is 2. The average molecular weight is 484 g/mol. The predicted octanol–water partition coefficient (Wildman–Crippen LogP) is 4.50. The fourth-order valence-corrected chi connectivity index (χ4v) is 5.15. The second kappa shape index (κ2) is 10.3. The van der Waals surface area contributed by atoms with Gasteiger partial charge in [0, 0.05) is 22.4 Å². The number of hydrogen-bond donors (Lipinski definition) is 1. The molecule has 4 rings (SSSR count). The molecule has 0 saturated carbocycles. The van der Waals surface area contributed by atoms with E-state index in [9.17, 15) is 9.59 Å². The maximum absolute atomic E-state index is 13.3. The Balaban J connectivity index is 1.46. The smallest absolute Gasteiger partial charge is 0.255 e. The molecular weight excluding hydrogens is 458 g/mol. The van der Waals surface area contributed by atoms with Crippen molar-refractivity contribution in [3.63, 3.8) is 0 Å². The van der Waals surface area contributed by atoms with Crippen molar-refractivity contribution in [2.24, 2.45) is 0 Å². The van der Waals surface area contributed by atoms with Crippen molar-refractivity contribution in [1.82, 2.24) is 9.88 Å². The molecule has 0 aliphatic carbocycles. The number of carbonyl (C=O) groups is 2. The third-order valence-electron chi connectivity index (χ3n) is 5.49. The van der Waals surface area contributed by atoms with E-state index in [1.807, 2.05) is 37.4 Å². The van der Waals surface area contributed by atoms with E-state index >= 15 is 0 Å². The highest BCUT2D eigenvalue weighted by molar-refractivity contribution is 7.99. The Morgan fingerprint density at radius 1 is 1.15 bits per heavy atom. The van der Waals surface area contributed by atoms with Crippen molar-refractivity contribution in [3.05, 3.63) is 69.7 Å². The van der Waals surface area contributed by atoms with Crippen molar-refractivity contribution in [2.75, 3.05) is 24.1 Å². The first kappa shape index (κ1) is 23.1. The van der Waals surface area contributed by atoms with Crippen LogP contribution in [0.4, 0.5) is 5.69 Å². The van der Waals surface area contributed by atoms with Gasteiger partial charge in [0.25, 0.3) is 5.91 Å². The molecular formula is C24H25N3O4S2. The summed E-state index contributed by atoms with van der Waals surface area (Å²) in [4.78, 5) is 32.0. The van der Waals surface area contributed by atoms with Crippen LogP contribution in [0.3, 0.4) is 0 Å². The summed E-state index contributed by atoms with van der Waals surface area (Å²) in [5, 5.41) is 4.87. The fraction of sp³-hybridized carbons (Fsp3) is 0.292. The van der Waals surface area contributed by atoms with Gasteiger partial charge in [0.15, 0.2) is 11.5 Å². The molecule has 172 valence electrons. The number of thioether (sulfide) groups is 1. The summed E-state index contributed by atoms with van der Waals surface area (Å²) in [6, 6.07) is 10.3. The number of thiazole rings is 1. The first-order chi connectivity index (χ1) is 16.0. The third kappa shape index (κ3) is 5.31. The van der Waals surface area contributed by atoms with Crippen molar-refractivity contribution in [3.8, 4) is 11.5 Å². The summed E-state index contributed by atoms with van der Waals surface area (Å²) < 4.78 is 11.2. The molecule has 1 N–H and O–H groups in total. The summed E-state index contributed by atoms with van der Waals surface area (Å²) in [6.45, 7) is 4.35. The maximum Gasteiger partial charge on any atom is 0.255 e. The maximum atomic E-state index is 13.3. The van der Waals surface area contributed by atoms with Gasteiger partial charge in [-0.25, -0.2) is 4.98 Å². The number of methoxy groups -OCH3 is 1. The Hall–Kier alpha value is -3.04. The number of rotatable bonds is 7. The number of amides is 2. The monoisotopic (exact) mass is 483 g/mol. The van der Waals surface area contributed by atoms with E-state index in [2.05, 4.69) is 10.3 Å². The van der Waals surface area contributed by atoms with Crippen LogP contribution in [0.1, 0.15) is 27.2 Å². The third-order valence-corrected chi connectivity index (χ3v) is 7.14. The van der Waals surface area contributed by atoms with E-state index in [0.717, 1.165) is 22.5 Å². The van der Waals surface area contributed by atoms with Gasteiger partial charge in [-0.1, -0.05) is 6.07 Å². The number of aryl methyl sites for hydroxylation is 2. The molecule has 2 amide bonds. The van der Waals surface area contributed by atoms with E-state index in [4.69, 9.17) is 9.47 Å². The first-order valence-corrected chi connectivity index (χ1v) is 12.5. The van der Waals surface area contributed by atoms with Gasteiger partial charge in [-0.2, -0.15) is 0 Å². The van der Waals surface area contributed by atoms with Crippen LogP contribution < -0.4 is 14.8 Å². The zero-order chi connectivity index (χ0) is 23.4. The molecule has 1 aliphatic heterocycles. The largest absolute Gasteiger partial charge is 0.493 e. The number of carbonyl (C=O) groups excluding carboxylic acids is 2. The molecule has 1 atom stereocenters. The number of aromatic nitrogens is 1. The number of anilines is 1. The van der Waals surface area contributed by atoms with E-state index in [1.165, 1.54) is 18.4 Å². The van der Waals surface area contributed by atoms with Crippen LogP contribution in [0.15, 0.2) is 47.3 Å². The minimum absolute atomic E-state index is 0.188. The van der Waals surface area contributed by atoms with Gasteiger partial charge in [-0.15, -0.1) is 23.1 Å². The van der Waals surface area contributed by atoms with E-state index in [1.54, 1.807) is 40.4 Å². The number of nitrogens with one attached hydrogen (secondary N) is 1. The zero-order valence-electron chi connectivity index (χ0n) is 18.7. The summed E-state index contributed by atoms with van der Waals surface area (Å²) in [5.41, 5.74) is 6.02. The lowest BCUT2D eigenvalue weighted by atomic mass is 10.1. The van der Waals surface area contributed by atoms with Gasteiger partial charge < -0.3 is 19.7 Å². The van der Waals surface area contributed by atoms with Crippen LogP contribution in [0, 0.1) is 13.8 Å². The van der Waals surface area contributed by atoms with Crippen LogP contribution in [0.25, 0.3) is 0 Å². The van der Waals surface area contributed by atoms with Gasteiger partial charge in [-0.3, -0.25) is 9.59 Å². The number of hydrogen-bond acceptors (Lipinski definition) is 7. The lowest BCUT2D eigenvalue weighted by Gasteiger charge is -2.23. The summed E-state index contributed by atoms with van der Waals surface area (Å²) in [6.07, 6.45) is 0. The Labute approximate surface area is 201 Å². The molecule has 9 heteroatoms. The summed E-state index contributed by atoms with van der Waals surface area (Å²) in [5.74, 6) is 1.58. The Bertz CT molecular complexity index is 1150. The van der Waals surface area contributed by atoms with E-state index < -0.39 is 6.04 Å². The predicted molar refractivity (Wildman–Crippen MR) is 131 cm³/mol. The molecule has 0 spiro atoms. The Morgan fingerprint density at radius 2 is 2.00 bits per heavy atom. The van der Waals surface area contributed by atoms with Crippen molar-refractivity contribution in [1.29, 1.82) is 0 Å². The molecule has 1 fully saturated rings. The van der Waals surface area contributed by atoms with Gasteiger partial charge in [0.05, 0.1) is 24.2 Å². The number of nitrogens with zero attached hydrogens (tertiary/aromatic N) is 2. The molecule has 1 aliphatic rings. The molecule has 1 unspecified atom stereocenters. The van der Waals surface area contributed by atoms with Gasteiger partial charge >= 0.3 is 0 Å². The topological polar surface area (TPSA) is 80.8 Å². The Kier molecular flexibility index (Phi) is 7.20. The number of benzene rings is 2. The fourth-order valence-electron chi connectivity index (χ4n) is 3.45. The minimum atomic E-state index is -0.546. The van der Waals surface area contributed by atoms with E-state index in [0.29, 0.717) is 35.3 Å². The van der Waals surface area contributed by atoms with Crippen LogP contribution in [0.5, 0.6) is 11.5 Å². The molecule has 7 nitrogen and oxygen atoms in total. The van der Waals surface area contributed by atoms with Crippen LogP contribution in [-0.4, -0.2) is 46.5 Å². The second-order valence-corrected chi connectivity index (χ2v) is 9.43. The molecule has 2 heterocycles. The molecule has 1 saturated heterocycles. The van der Waals surface area contributed by atoms with E-state index in [-0.39, 0.29) is 11.8 Å². The summed E-state index contributed by atoms with van der Waals surface area (Å²) in [7, 11) is 1.53. The summed E-state index contributed by atoms with van der Waals surface area (Å²) >= 11 is 3.06. The van der Waals surface area contributed by atoms with Crippen LogP contribution in [0.2, 0.25) is 0 Å². The molecule has 33 heavy (non-hydrogen) atoms. The second-order valence-electron chi connectivity index (χ2n) is 7.71. The molecule has 3 aromatic rings. The zero-order valence-corrected chi connectivity index (χ0v) is 20.3. The molecule has 0 bridgehead atoms. The lowest BCUT2D eigenvalue weighted by Crippen LogP contribution is -2.44. The van der Waals surface area contributed by atoms with Crippen molar-refractivity contribution in [2.45, 2.75) is 26.5 Å². The van der Waals surface area contributed by atoms with Crippen LogP contribution >= 0.6 is 23.1 Å². The van der Waals surface area contributed by atoms with Crippen molar-refractivity contribution < 1.29 is 19.1 Å². The standard InChI is InChI=1S/C24H25N3O4S2/c1-15-4-6-18(8-16(15)2)26-23(28)20-12-33-14-27(20)24(29)17-5-7-21(22(9-17)30-3)31-10-19-11-32-13-25-19/h4-9,11,13,20H,10,12,14H2,1-3H3,(H,26,28).